The molecule has 0 spiro atoms. The molecule has 2 aliphatic rings. The van der Waals surface area contributed by atoms with Crippen LogP contribution in [-0.2, 0) is 11.3 Å². The molecular formula is C30H30Cl2F2N2O4. The lowest BCUT2D eigenvalue weighted by molar-refractivity contribution is -0.132. The highest BCUT2D eigenvalue weighted by molar-refractivity contribution is 6.31. The number of rotatable bonds is 10. The molecule has 1 saturated carbocycles. The number of aliphatic carboxylic acids is 1. The van der Waals surface area contributed by atoms with Crippen LogP contribution in [0.1, 0.15) is 30.4 Å². The maximum atomic E-state index is 13.7. The van der Waals surface area contributed by atoms with Gasteiger partial charge < -0.3 is 25.2 Å². The van der Waals surface area contributed by atoms with Gasteiger partial charge in [-0.25, -0.2) is 13.6 Å². The van der Waals surface area contributed by atoms with Crippen molar-refractivity contribution in [2.45, 2.75) is 31.8 Å². The molecule has 5 rings (SSSR count). The molecule has 0 radical (unpaired) electrons. The van der Waals surface area contributed by atoms with Crippen molar-refractivity contribution < 1.29 is 28.2 Å². The highest BCUT2D eigenvalue weighted by Gasteiger charge is 2.20. The Bertz CT molecular complexity index is 1350. The molecule has 1 aliphatic heterocycles. The van der Waals surface area contributed by atoms with Gasteiger partial charge in [-0.1, -0.05) is 53.5 Å². The van der Waals surface area contributed by atoms with Gasteiger partial charge in [0.1, 0.15) is 19.0 Å². The number of carbonyl (C=O) groups is 1. The van der Waals surface area contributed by atoms with E-state index >= 15 is 0 Å². The summed E-state index contributed by atoms with van der Waals surface area (Å²) in [6.45, 7) is 1.95. The third-order valence-corrected chi connectivity index (χ3v) is 7.06. The predicted molar refractivity (Wildman–Crippen MR) is 152 cm³/mol. The van der Waals surface area contributed by atoms with Gasteiger partial charge in [-0.05, 0) is 72.8 Å². The van der Waals surface area contributed by atoms with Crippen molar-refractivity contribution in [3.05, 3.63) is 99.0 Å². The fourth-order valence-corrected chi connectivity index (χ4v) is 4.44. The van der Waals surface area contributed by atoms with Gasteiger partial charge in [0.2, 0.25) is 0 Å². The average molecular weight is 591 g/mol. The minimum Gasteiger partial charge on any atom is -0.490 e. The Morgan fingerprint density at radius 1 is 0.975 bits per heavy atom. The molecule has 0 saturated heterocycles. The third kappa shape index (κ3) is 8.41. The number of halogens is 4. The van der Waals surface area contributed by atoms with Crippen LogP contribution in [0.15, 0.2) is 66.2 Å². The van der Waals surface area contributed by atoms with E-state index in [4.69, 9.17) is 32.7 Å². The monoisotopic (exact) mass is 590 g/mol. The molecule has 0 amide bonds. The van der Waals surface area contributed by atoms with Crippen LogP contribution >= 0.6 is 23.2 Å². The first kappa shape index (κ1) is 29.8. The van der Waals surface area contributed by atoms with Crippen LogP contribution in [0.2, 0.25) is 10.0 Å². The summed E-state index contributed by atoms with van der Waals surface area (Å²) in [4.78, 5) is 11.4. The Hall–Kier alpha value is -3.17. The summed E-state index contributed by atoms with van der Waals surface area (Å²) < 4.78 is 37.9. The average Bonchev–Trinajstić information content (AvgIpc) is 3.80. The Morgan fingerprint density at radius 2 is 1.70 bits per heavy atom. The molecule has 1 aliphatic carbocycles. The third-order valence-electron chi connectivity index (χ3n) is 6.40. The first-order chi connectivity index (χ1) is 19.3. The zero-order valence-electron chi connectivity index (χ0n) is 21.7. The number of hydrogen-bond acceptors (Lipinski definition) is 5. The molecular weight excluding hydrogens is 561 g/mol. The summed E-state index contributed by atoms with van der Waals surface area (Å²) in [5.74, 6) is -2.72. The van der Waals surface area contributed by atoms with E-state index in [9.17, 15) is 18.7 Å². The van der Waals surface area contributed by atoms with Gasteiger partial charge in [-0.3, -0.25) is 0 Å². The lowest BCUT2D eigenvalue weighted by Crippen LogP contribution is -2.28. The number of ether oxygens (including phenoxy) is 2. The van der Waals surface area contributed by atoms with E-state index in [0.29, 0.717) is 24.3 Å². The van der Waals surface area contributed by atoms with Gasteiger partial charge in [0.15, 0.2) is 17.4 Å². The van der Waals surface area contributed by atoms with E-state index in [-0.39, 0.29) is 18.2 Å². The van der Waals surface area contributed by atoms with E-state index in [0.717, 1.165) is 47.4 Å². The molecule has 0 atom stereocenters. The van der Waals surface area contributed by atoms with Gasteiger partial charge in [0.05, 0.1) is 10.6 Å². The van der Waals surface area contributed by atoms with Crippen molar-refractivity contribution in [2.75, 3.05) is 26.3 Å². The number of nitrogens with one attached hydrogen (secondary N) is 2. The number of carboxylic acid groups (broad SMARTS) is 1. The minimum atomic E-state index is -0.949. The van der Waals surface area contributed by atoms with Crippen LogP contribution < -0.4 is 20.1 Å². The predicted octanol–water partition coefficient (Wildman–Crippen LogP) is 6.50. The minimum absolute atomic E-state index is 0.0672. The number of carboxylic acids is 1. The van der Waals surface area contributed by atoms with Crippen molar-refractivity contribution in [3.63, 3.8) is 0 Å². The van der Waals surface area contributed by atoms with Gasteiger partial charge in [0, 0.05) is 24.2 Å². The molecule has 0 bridgehead atoms. The molecule has 40 heavy (non-hydrogen) atoms. The zero-order valence-corrected chi connectivity index (χ0v) is 23.2. The van der Waals surface area contributed by atoms with Crippen LogP contribution in [0.25, 0.3) is 5.57 Å². The van der Waals surface area contributed by atoms with Gasteiger partial charge in [-0.2, -0.15) is 0 Å². The van der Waals surface area contributed by atoms with Crippen LogP contribution in [0.4, 0.5) is 8.78 Å². The molecule has 0 unspecified atom stereocenters. The maximum absolute atomic E-state index is 13.7. The van der Waals surface area contributed by atoms with Crippen LogP contribution in [0, 0.1) is 11.6 Å². The fourth-order valence-electron chi connectivity index (χ4n) is 4.09. The Morgan fingerprint density at radius 3 is 2.40 bits per heavy atom. The SMILES string of the molecule is Clc1ccccc1CNC1CC1.O=C(O)C1=C(c2ccc(OCCOc3c(F)ccc(Cl)c3F)cc2)CCNC1. The molecule has 1 fully saturated rings. The van der Waals surface area contributed by atoms with Crippen molar-refractivity contribution in [1.82, 2.24) is 10.6 Å². The van der Waals surface area contributed by atoms with E-state index in [1.54, 1.807) is 24.3 Å². The fraction of sp³-hybridized carbons (Fsp3) is 0.300. The molecule has 1 heterocycles. The van der Waals surface area contributed by atoms with Crippen molar-refractivity contribution in [2.24, 2.45) is 0 Å². The largest absolute Gasteiger partial charge is 0.490 e. The molecule has 6 nitrogen and oxygen atoms in total. The summed E-state index contributed by atoms with van der Waals surface area (Å²) >= 11 is 11.6. The number of benzene rings is 3. The topological polar surface area (TPSA) is 79.8 Å². The van der Waals surface area contributed by atoms with Crippen molar-refractivity contribution in [1.29, 1.82) is 0 Å². The lowest BCUT2D eigenvalue weighted by Gasteiger charge is -2.19. The van der Waals surface area contributed by atoms with Crippen LogP contribution in [0.3, 0.4) is 0 Å². The molecule has 3 aromatic rings. The Labute approximate surface area is 241 Å². The Kier molecular flexibility index (Phi) is 10.8. The van der Waals surface area contributed by atoms with Gasteiger partial charge >= 0.3 is 5.97 Å². The summed E-state index contributed by atoms with van der Waals surface area (Å²) in [6, 6.07) is 17.9. The highest BCUT2D eigenvalue weighted by atomic mass is 35.5. The van der Waals surface area contributed by atoms with Gasteiger partial charge in [-0.15, -0.1) is 0 Å². The first-order valence-corrected chi connectivity index (χ1v) is 13.7. The van der Waals surface area contributed by atoms with Crippen molar-refractivity contribution in [3.8, 4) is 11.5 Å². The van der Waals surface area contributed by atoms with Crippen LogP contribution in [-0.4, -0.2) is 43.4 Å². The molecule has 0 aromatic heterocycles. The smallest absolute Gasteiger partial charge is 0.333 e. The maximum Gasteiger partial charge on any atom is 0.333 e. The molecule has 3 N–H and O–H groups in total. The summed E-state index contributed by atoms with van der Waals surface area (Å²) in [5, 5.41) is 16.4. The van der Waals surface area contributed by atoms with E-state index in [1.165, 1.54) is 18.4 Å². The lowest BCUT2D eigenvalue weighted by atomic mass is 9.94. The van der Waals surface area contributed by atoms with Crippen LogP contribution in [0.5, 0.6) is 11.5 Å². The van der Waals surface area contributed by atoms with E-state index in [1.807, 2.05) is 18.2 Å². The van der Waals surface area contributed by atoms with Gasteiger partial charge in [0.25, 0.3) is 0 Å². The normalized spacial score (nSPS) is 14.8. The summed E-state index contributed by atoms with van der Waals surface area (Å²) in [7, 11) is 0. The highest BCUT2D eigenvalue weighted by Crippen LogP contribution is 2.28. The Balaban J connectivity index is 0.000000255. The second-order valence-corrected chi connectivity index (χ2v) is 10.1. The number of hydrogen-bond donors (Lipinski definition) is 3. The summed E-state index contributed by atoms with van der Waals surface area (Å²) in [6.07, 6.45) is 3.28. The first-order valence-electron chi connectivity index (χ1n) is 13.0. The second-order valence-electron chi connectivity index (χ2n) is 9.33. The molecule has 212 valence electrons. The van der Waals surface area contributed by atoms with Crippen molar-refractivity contribution >= 4 is 34.7 Å². The second kappa shape index (κ2) is 14.5. The van der Waals surface area contributed by atoms with E-state index in [2.05, 4.69) is 16.7 Å². The zero-order chi connectivity index (χ0) is 28.5. The quantitative estimate of drug-likeness (QED) is 0.185. The molecule has 10 heteroatoms. The molecule has 3 aromatic carbocycles. The standard InChI is InChI=1S/C20H18ClF2NO4.C10H12ClN/c21-16-5-6-17(22)19(18(16)23)28-10-9-27-13-3-1-12(2-4-13)14-7-8-24-11-15(14)20(25)26;11-10-4-2-1-3-8(10)7-12-9-5-6-9/h1-6,24H,7-11H2,(H,25,26);1-4,9,12H,5-7H2. The van der Waals surface area contributed by atoms with E-state index < -0.39 is 23.4 Å². The summed E-state index contributed by atoms with van der Waals surface area (Å²) in [5.41, 5.74) is 3.18.